The Labute approximate surface area is 175 Å². The summed E-state index contributed by atoms with van der Waals surface area (Å²) in [6.07, 6.45) is 1.15. The van der Waals surface area contributed by atoms with Crippen LogP contribution >= 0.6 is 0 Å². The molecule has 2 aromatic carbocycles. The van der Waals surface area contributed by atoms with Crippen molar-refractivity contribution >= 4 is 5.69 Å². The normalized spacial score (nSPS) is 13.4. The van der Waals surface area contributed by atoms with Crippen LogP contribution in [0.2, 0.25) is 0 Å². The first-order valence-electron chi connectivity index (χ1n) is 10.8. The molecule has 0 N–H and O–H groups in total. The molecule has 158 valence electrons. The molecule has 0 saturated carbocycles. The lowest BCUT2D eigenvalue weighted by Gasteiger charge is -2.33. The highest BCUT2D eigenvalue weighted by atomic mass is 15.2. The summed E-state index contributed by atoms with van der Waals surface area (Å²) in [6.45, 7) is 13.8. The van der Waals surface area contributed by atoms with Gasteiger partial charge in [0.1, 0.15) is 0 Å². The van der Waals surface area contributed by atoms with E-state index in [-0.39, 0.29) is 0 Å². The van der Waals surface area contributed by atoms with E-state index in [4.69, 9.17) is 0 Å². The van der Waals surface area contributed by atoms with Crippen molar-refractivity contribution in [1.29, 1.82) is 0 Å². The highest BCUT2D eigenvalue weighted by molar-refractivity contribution is 5.46. The molecule has 0 radical (unpaired) electrons. The quantitative estimate of drug-likeness (QED) is 0.709. The average molecular weight is 386 g/mol. The summed E-state index contributed by atoms with van der Waals surface area (Å²) in [7, 11) is 6.38. The number of rotatable bonds is 4. The monoisotopic (exact) mass is 385 g/mol. The predicted octanol–water partition coefficient (Wildman–Crippen LogP) is 5.28. The Bertz CT molecular complexity index is 547. The number of piperazine rings is 1. The van der Waals surface area contributed by atoms with Gasteiger partial charge in [-0.05, 0) is 45.3 Å². The second-order valence-corrected chi connectivity index (χ2v) is 6.66. The van der Waals surface area contributed by atoms with Crippen molar-refractivity contribution in [2.45, 2.75) is 34.1 Å². The van der Waals surface area contributed by atoms with E-state index in [1.165, 1.54) is 24.3 Å². The van der Waals surface area contributed by atoms with Crippen LogP contribution in [0.1, 0.15) is 33.3 Å². The smallest absolute Gasteiger partial charge is 0.0367 e. The first kappa shape index (κ1) is 26.2. The van der Waals surface area contributed by atoms with Gasteiger partial charge in [0.15, 0.2) is 0 Å². The van der Waals surface area contributed by atoms with Crippen molar-refractivity contribution in [3.05, 3.63) is 66.2 Å². The van der Waals surface area contributed by atoms with Crippen molar-refractivity contribution < 1.29 is 0 Å². The molecular formula is C25H43N3. The van der Waals surface area contributed by atoms with Gasteiger partial charge in [0.2, 0.25) is 0 Å². The van der Waals surface area contributed by atoms with Crippen LogP contribution < -0.4 is 4.90 Å². The largest absolute Gasteiger partial charge is 0.369 e. The van der Waals surface area contributed by atoms with Gasteiger partial charge in [-0.25, -0.2) is 0 Å². The lowest BCUT2D eigenvalue weighted by molar-refractivity contribution is 0.313. The number of hydrogen-bond acceptors (Lipinski definition) is 3. The maximum atomic E-state index is 2.44. The molecule has 0 spiro atoms. The number of likely N-dealkylation sites (N-methyl/N-ethyl adjacent to an activating group) is 2. The van der Waals surface area contributed by atoms with E-state index in [0.29, 0.717) is 0 Å². The van der Waals surface area contributed by atoms with Crippen LogP contribution in [0, 0.1) is 0 Å². The molecule has 0 aliphatic carbocycles. The van der Waals surface area contributed by atoms with Crippen LogP contribution in [0.15, 0.2) is 60.7 Å². The third-order valence-electron chi connectivity index (χ3n) is 4.32. The Hall–Kier alpha value is -1.84. The molecule has 0 aromatic heterocycles. The Morgan fingerprint density at radius 2 is 1.18 bits per heavy atom. The zero-order valence-electron chi connectivity index (χ0n) is 19.4. The van der Waals surface area contributed by atoms with Crippen molar-refractivity contribution in [2.75, 3.05) is 58.8 Å². The molecule has 0 amide bonds. The molecule has 0 unspecified atom stereocenters. The van der Waals surface area contributed by atoms with Crippen molar-refractivity contribution in [1.82, 2.24) is 9.80 Å². The van der Waals surface area contributed by atoms with Crippen LogP contribution in [0.3, 0.4) is 0 Å². The Morgan fingerprint density at radius 1 is 0.714 bits per heavy atom. The summed E-state index contributed by atoms with van der Waals surface area (Å²) in [6, 6.07) is 21.2. The Balaban J connectivity index is 0.000000447. The number of benzene rings is 2. The number of nitrogens with zero attached hydrogens (tertiary/aromatic N) is 3. The standard InChI is InChI=1S/C11H16N2.C10H15N.2C2H6/c1-12-7-9-13(10-8-12)11-5-3-2-4-6-11;1-11(2)9-8-10-6-4-3-5-7-10;2*1-2/h2-6H,7-10H2,1H3;3-7H,8-9H2,1-2H3;2*1-2H3. The van der Waals surface area contributed by atoms with E-state index in [1.807, 2.05) is 27.7 Å². The van der Waals surface area contributed by atoms with Gasteiger partial charge in [0, 0.05) is 38.4 Å². The molecule has 1 aliphatic rings. The van der Waals surface area contributed by atoms with E-state index in [1.54, 1.807) is 0 Å². The summed E-state index contributed by atoms with van der Waals surface area (Å²) >= 11 is 0. The number of anilines is 1. The molecule has 3 nitrogen and oxygen atoms in total. The first-order chi connectivity index (χ1) is 13.6. The van der Waals surface area contributed by atoms with E-state index >= 15 is 0 Å². The minimum absolute atomic E-state index is 1.13. The van der Waals surface area contributed by atoms with Gasteiger partial charge in [-0.3, -0.25) is 0 Å². The van der Waals surface area contributed by atoms with Crippen molar-refractivity contribution in [3.8, 4) is 0 Å². The zero-order valence-corrected chi connectivity index (χ0v) is 19.4. The average Bonchev–Trinajstić information content (AvgIpc) is 2.77. The molecular weight excluding hydrogens is 342 g/mol. The maximum absolute atomic E-state index is 2.44. The lowest BCUT2D eigenvalue weighted by atomic mass is 10.1. The van der Waals surface area contributed by atoms with Crippen molar-refractivity contribution in [3.63, 3.8) is 0 Å². The Kier molecular flexibility index (Phi) is 16.1. The minimum Gasteiger partial charge on any atom is -0.369 e. The van der Waals surface area contributed by atoms with Crippen LogP contribution in [-0.4, -0.2) is 63.7 Å². The maximum Gasteiger partial charge on any atom is 0.0367 e. The molecule has 3 rings (SSSR count). The topological polar surface area (TPSA) is 9.72 Å². The number of para-hydroxylation sites is 1. The van der Waals surface area contributed by atoms with Gasteiger partial charge in [-0.2, -0.15) is 0 Å². The van der Waals surface area contributed by atoms with Gasteiger partial charge in [0.05, 0.1) is 0 Å². The second-order valence-electron chi connectivity index (χ2n) is 6.66. The molecule has 0 atom stereocenters. The summed E-state index contributed by atoms with van der Waals surface area (Å²) in [5.41, 5.74) is 2.77. The van der Waals surface area contributed by atoms with E-state index < -0.39 is 0 Å². The van der Waals surface area contributed by atoms with E-state index in [2.05, 4.69) is 96.5 Å². The van der Waals surface area contributed by atoms with Gasteiger partial charge >= 0.3 is 0 Å². The predicted molar refractivity (Wildman–Crippen MR) is 128 cm³/mol. The molecule has 3 heteroatoms. The van der Waals surface area contributed by atoms with Crippen LogP contribution in [-0.2, 0) is 6.42 Å². The SMILES string of the molecule is CC.CC.CN(C)CCc1ccccc1.CN1CCN(c2ccccc2)CC1. The van der Waals surface area contributed by atoms with Crippen molar-refractivity contribution in [2.24, 2.45) is 0 Å². The lowest BCUT2D eigenvalue weighted by Crippen LogP contribution is -2.44. The summed E-state index contributed by atoms with van der Waals surface area (Å²) in [4.78, 5) is 7.02. The first-order valence-corrected chi connectivity index (χ1v) is 10.8. The molecule has 1 heterocycles. The fourth-order valence-corrected chi connectivity index (χ4v) is 2.70. The molecule has 28 heavy (non-hydrogen) atoms. The van der Waals surface area contributed by atoms with Gasteiger partial charge < -0.3 is 14.7 Å². The highest BCUT2D eigenvalue weighted by Gasteiger charge is 2.13. The Morgan fingerprint density at radius 3 is 1.64 bits per heavy atom. The van der Waals surface area contributed by atoms with Gasteiger partial charge in [-0.1, -0.05) is 76.2 Å². The van der Waals surface area contributed by atoms with Crippen LogP contribution in [0.4, 0.5) is 5.69 Å². The summed E-state index contributed by atoms with van der Waals surface area (Å²) < 4.78 is 0. The van der Waals surface area contributed by atoms with Crippen LogP contribution in [0.25, 0.3) is 0 Å². The van der Waals surface area contributed by atoms with Gasteiger partial charge in [0.25, 0.3) is 0 Å². The molecule has 2 aromatic rings. The van der Waals surface area contributed by atoms with E-state index in [9.17, 15) is 0 Å². The molecule has 1 saturated heterocycles. The van der Waals surface area contributed by atoms with E-state index in [0.717, 1.165) is 26.1 Å². The fraction of sp³-hybridized carbons (Fsp3) is 0.520. The molecule has 0 bridgehead atoms. The zero-order chi connectivity index (χ0) is 21.2. The summed E-state index contributed by atoms with van der Waals surface area (Å²) in [5.74, 6) is 0. The van der Waals surface area contributed by atoms with Gasteiger partial charge in [-0.15, -0.1) is 0 Å². The van der Waals surface area contributed by atoms with Crippen LogP contribution in [0.5, 0.6) is 0 Å². The third-order valence-corrected chi connectivity index (χ3v) is 4.32. The molecule has 1 aliphatic heterocycles. The second kappa shape index (κ2) is 17.3. The molecule has 1 fully saturated rings. The summed E-state index contributed by atoms with van der Waals surface area (Å²) in [5, 5.41) is 0. The number of hydrogen-bond donors (Lipinski definition) is 0. The fourth-order valence-electron chi connectivity index (χ4n) is 2.70. The third kappa shape index (κ3) is 11.8. The highest BCUT2D eigenvalue weighted by Crippen LogP contribution is 2.14. The minimum atomic E-state index is 1.13.